The number of aromatic nitrogens is 1. The van der Waals surface area contributed by atoms with Gasteiger partial charge in [-0.25, -0.2) is 4.98 Å². The summed E-state index contributed by atoms with van der Waals surface area (Å²) in [5.41, 5.74) is 0. The van der Waals surface area contributed by atoms with Crippen LogP contribution in [0.1, 0.15) is 30.0 Å². The first-order valence-corrected chi connectivity index (χ1v) is 11.9. The maximum absolute atomic E-state index is 12.6. The Hall–Kier alpha value is -1.88. The van der Waals surface area contributed by atoms with Crippen LogP contribution in [0.4, 0.5) is 5.82 Å². The van der Waals surface area contributed by atoms with Crippen LogP contribution in [0.25, 0.3) is 0 Å². The summed E-state index contributed by atoms with van der Waals surface area (Å²) < 4.78 is 0. The zero-order chi connectivity index (χ0) is 22.1. The van der Waals surface area contributed by atoms with E-state index in [1.54, 1.807) is 0 Å². The first kappa shape index (κ1) is 26.4. The smallest absolute Gasteiger partial charge is 0.224 e. The number of aliphatic imine (C=N–C) groups is 1. The lowest BCUT2D eigenvalue weighted by Gasteiger charge is -2.35. The van der Waals surface area contributed by atoms with Crippen LogP contribution in [0.2, 0.25) is 0 Å². The summed E-state index contributed by atoms with van der Waals surface area (Å²) in [6.07, 6.45) is 3.20. The molecule has 9 heteroatoms. The summed E-state index contributed by atoms with van der Waals surface area (Å²) >= 11 is 1.83. The quantitative estimate of drug-likeness (QED) is 0.290. The van der Waals surface area contributed by atoms with Crippen molar-refractivity contribution in [1.29, 1.82) is 0 Å². The average Bonchev–Trinajstić information content (AvgIpc) is 3.18. The van der Waals surface area contributed by atoms with Gasteiger partial charge in [0.1, 0.15) is 5.82 Å². The van der Waals surface area contributed by atoms with E-state index < -0.39 is 0 Å². The second-order valence-corrected chi connectivity index (χ2v) is 9.20. The Balaban J connectivity index is 0.00000363. The minimum atomic E-state index is 0. The van der Waals surface area contributed by atoms with Crippen LogP contribution in [0.3, 0.4) is 0 Å². The Morgan fingerprint density at radius 3 is 2.62 bits per heavy atom. The number of hydrogen-bond donors (Lipinski definition) is 2. The van der Waals surface area contributed by atoms with E-state index in [1.807, 2.05) is 40.6 Å². The van der Waals surface area contributed by atoms with E-state index in [0.29, 0.717) is 13.0 Å². The third-order valence-corrected chi connectivity index (χ3v) is 6.25. The zero-order valence-corrected chi connectivity index (χ0v) is 22.4. The van der Waals surface area contributed by atoms with E-state index in [9.17, 15) is 4.79 Å². The SMILES string of the molecule is CCNC(=NCCC(=O)N1CCN(c2ccccn2)CC1)NC(C)Cc1ccc(C)s1.I. The van der Waals surface area contributed by atoms with Crippen LogP contribution in [0.15, 0.2) is 41.5 Å². The fraction of sp³-hybridized carbons (Fsp3) is 0.522. The van der Waals surface area contributed by atoms with Crippen LogP contribution in [-0.2, 0) is 11.2 Å². The highest BCUT2D eigenvalue weighted by Crippen LogP contribution is 2.16. The van der Waals surface area contributed by atoms with E-state index in [2.05, 4.69) is 58.4 Å². The molecule has 0 radical (unpaired) electrons. The first-order chi connectivity index (χ1) is 15.0. The van der Waals surface area contributed by atoms with Crippen LogP contribution >= 0.6 is 35.3 Å². The summed E-state index contributed by atoms with van der Waals surface area (Å²) in [6.45, 7) is 10.7. The van der Waals surface area contributed by atoms with Gasteiger partial charge in [0.2, 0.25) is 5.91 Å². The molecule has 1 fully saturated rings. The highest BCUT2D eigenvalue weighted by Gasteiger charge is 2.21. The number of anilines is 1. The van der Waals surface area contributed by atoms with Crippen molar-refractivity contribution in [3.63, 3.8) is 0 Å². The number of thiophene rings is 1. The Labute approximate surface area is 212 Å². The monoisotopic (exact) mass is 570 g/mol. The third-order valence-electron chi connectivity index (χ3n) is 5.23. The van der Waals surface area contributed by atoms with Crippen molar-refractivity contribution in [3.8, 4) is 0 Å². The predicted molar refractivity (Wildman–Crippen MR) is 144 cm³/mol. The van der Waals surface area contributed by atoms with Gasteiger partial charge in [-0.2, -0.15) is 0 Å². The first-order valence-electron chi connectivity index (χ1n) is 11.1. The highest BCUT2D eigenvalue weighted by atomic mass is 127. The Morgan fingerprint density at radius 1 is 1.22 bits per heavy atom. The summed E-state index contributed by atoms with van der Waals surface area (Å²) in [4.78, 5) is 28.5. The largest absolute Gasteiger partial charge is 0.357 e. The Bertz CT molecular complexity index is 851. The van der Waals surface area contributed by atoms with Crippen LogP contribution in [-0.4, -0.2) is 67.1 Å². The molecule has 1 aliphatic heterocycles. The van der Waals surface area contributed by atoms with Crippen molar-refractivity contribution in [2.45, 2.75) is 39.7 Å². The fourth-order valence-electron chi connectivity index (χ4n) is 3.65. The number of carbonyl (C=O) groups is 1. The number of piperazine rings is 1. The van der Waals surface area contributed by atoms with Crippen molar-refractivity contribution in [3.05, 3.63) is 46.3 Å². The van der Waals surface area contributed by atoms with Gasteiger partial charge in [0, 0.05) is 67.6 Å². The number of aryl methyl sites for hydroxylation is 1. The van der Waals surface area contributed by atoms with Gasteiger partial charge in [-0.1, -0.05) is 6.07 Å². The zero-order valence-electron chi connectivity index (χ0n) is 19.2. The number of hydrogen-bond acceptors (Lipinski definition) is 5. The number of nitrogens with one attached hydrogen (secondary N) is 2. The van der Waals surface area contributed by atoms with Gasteiger partial charge in [0.05, 0.1) is 6.54 Å². The molecule has 3 rings (SSSR count). The average molecular weight is 571 g/mol. The molecule has 0 bridgehead atoms. The second-order valence-electron chi connectivity index (χ2n) is 7.83. The molecule has 1 saturated heterocycles. The molecule has 2 aromatic rings. The van der Waals surface area contributed by atoms with Gasteiger partial charge in [-0.05, 0) is 45.0 Å². The van der Waals surface area contributed by atoms with Crippen LogP contribution in [0, 0.1) is 6.92 Å². The number of rotatable bonds is 8. The number of halogens is 1. The van der Waals surface area contributed by atoms with Gasteiger partial charge in [-0.15, -0.1) is 35.3 Å². The number of amides is 1. The lowest BCUT2D eigenvalue weighted by atomic mass is 10.2. The molecule has 176 valence electrons. The topological polar surface area (TPSA) is 72.9 Å². The number of pyridine rings is 1. The van der Waals surface area contributed by atoms with Gasteiger partial charge in [0.15, 0.2) is 5.96 Å². The molecule has 0 aliphatic carbocycles. The maximum Gasteiger partial charge on any atom is 0.224 e. The molecule has 2 aromatic heterocycles. The van der Waals surface area contributed by atoms with Crippen molar-refractivity contribution in [2.75, 3.05) is 44.2 Å². The minimum Gasteiger partial charge on any atom is -0.357 e. The molecule has 0 saturated carbocycles. The summed E-state index contributed by atoms with van der Waals surface area (Å²) in [7, 11) is 0. The highest BCUT2D eigenvalue weighted by molar-refractivity contribution is 14.0. The van der Waals surface area contributed by atoms with Gasteiger partial charge in [-0.3, -0.25) is 9.79 Å². The molecule has 1 aliphatic rings. The lowest BCUT2D eigenvalue weighted by Crippen LogP contribution is -2.49. The van der Waals surface area contributed by atoms with Crippen molar-refractivity contribution in [2.24, 2.45) is 4.99 Å². The van der Waals surface area contributed by atoms with Crippen LogP contribution < -0.4 is 15.5 Å². The Kier molecular flexibility index (Phi) is 11.2. The fourth-order valence-corrected chi connectivity index (χ4v) is 4.67. The van der Waals surface area contributed by atoms with Crippen LogP contribution in [0.5, 0.6) is 0 Å². The number of nitrogens with zero attached hydrogens (tertiary/aromatic N) is 4. The summed E-state index contributed by atoms with van der Waals surface area (Å²) in [5.74, 6) is 1.92. The normalized spacial score (nSPS) is 15.2. The molecule has 0 aromatic carbocycles. The molecule has 0 spiro atoms. The molecule has 3 heterocycles. The molecular formula is C23H35IN6OS. The van der Waals surface area contributed by atoms with E-state index >= 15 is 0 Å². The summed E-state index contributed by atoms with van der Waals surface area (Å²) in [6, 6.07) is 10.6. The lowest BCUT2D eigenvalue weighted by molar-refractivity contribution is -0.131. The van der Waals surface area contributed by atoms with Crippen molar-refractivity contribution >= 4 is 53.0 Å². The second kappa shape index (κ2) is 13.6. The molecule has 2 N–H and O–H groups in total. The molecule has 1 amide bonds. The molecule has 1 atom stereocenters. The molecule has 1 unspecified atom stereocenters. The molecular weight excluding hydrogens is 535 g/mol. The third kappa shape index (κ3) is 8.23. The predicted octanol–water partition coefficient (Wildman–Crippen LogP) is 3.29. The Morgan fingerprint density at radius 2 is 2.00 bits per heavy atom. The molecule has 7 nitrogen and oxygen atoms in total. The van der Waals surface area contributed by atoms with E-state index in [4.69, 9.17) is 0 Å². The van der Waals surface area contributed by atoms with E-state index in [0.717, 1.165) is 50.9 Å². The van der Waals surface area contributed by atoms with Gasteiger partial charge in [0.25, 0.3) is 0 Å². The van der Waals surface area contributed by atoms with Crippen molar-refractivity contribution < 1.29 is 4.79 Å². The summed E-state index contributed by atoms with van der Waals surface area (Å²) in [5, 5.41) is 6.75. The molecule has 32 heavy (non-hydrogen) atoms. The van der Waals surface area contributed by atoms with Gasteiger partial charge >= 0.3 is 0 Å². The standard InChI is InChI=1S/C23H34N6OS.HI/c1-4-24-23(27-18(2)17-20-9-8-19(3)31-20)26-12-10-22(30)29-15-13-28(14-16-29)21-7-5-6-11-25-21;/h5-9,11,18H,4,10,12-17H2,1-3H3,(H2,24,26,27);1H. The minimum absolute atomic E-state index is 0. The van der Waals surface area contributed by atoms with E-state index in [1.165, 1.54) is 9.75 Å². The maximum atomic E-state index is 12.6. The number of carbonyl (C=O) groups excluding carboxylic acids is 1. The van der Waals surface area contributed by atoms with E-state index in [-0.39, 0.29) is 35.9 Å². The van der Waals surface area contributed by atoms with Gasteiger partial charge < -0.3 is 20.4 Å². The van der Waals surface area contributed by atoms with Crippen molar-refractivity contribution in [1.82, 2.24) is 20.5 Å². The number of guanidine groups is 1.